The smallest absolute Gasteiger partial charge is 0.338 e. The van der Waals surface area contributed by atoms with Gasteiger partial charge in [-0.1, -0.05) is 24.3 Å². The van der Waals surface area contributed by atoms with Crippen LogP contribution in [0, 0.1) is 10.1 Å². The molecule has 0 spiro atoms. The summed E-state index contributed by atoms with van der Waals surface area (Å²) in [7, 11) is 1.51. The Labute approximate surface area is 192 Å². The van der Waals surface area contributed by atoms with Crippen LogP contribution in [0.5, 0.6) is 0 Å². The van der Waals surface area contributed by atoms with Gasteiger partial charge < -0.3 is 15.4 Å². The highest BCUT2D eigenvalue weighted by molar-refractivity contribution is 6.28. The Morgan fingerprint density at radius 3 is 2.21 bits per heavy atom. The first-order chi connectivity index (χ1) is 16.3. The fourth-order valence-electron chi connectivity index (χ4n) is 3.61. The second kappa shape index (κ2) is 8.94. The molecule has 0 bridgehead atoms. The van der Waals surface area contributed by atoms with E-state index >= 15 is 0 Å². The van der Waals surface area contributed by atoms with Gasteiger partial charge in [0.1, 0.15) is 5.69 Å². The van der Waals surface area contributed by atoms with Gasteiger partial charge in [0.15, 0.2) is 18.2 Å². The molecule has 0 heterocycles. The normalized spacial score (nSPS) is 11.8. The summed E-state index contributed by atoms with van der Waals surface area (Å²) >= 11 is 0. The number of carbonyl (C=O) groups excluding carboxylic acids is 4. The largest absolute Gasteiger partial charge is 0.452 e. The molecule has 0 saturated heterocycles. The zero-order valence-electron chi connectivity index (χ0n) is 17.8. The molecule has 3 aromatic carbocycles. The lowest BCUT2D eigenvalue weighted by atomic mass is 9.84. The van der Waals surface area contributed by atoms with Gasteiger partial charge in [0.2, 0.25) is 0 Å². The number of ether oxygens (including phenoxy) is 1. The monoisotopic (exact) mass is 459 g/mol. The van der Waals surface area contributed by atoms with E-state index in [1.54, 1.807) is 24.3 Å². The minimum absolute atomic E-state index is 0.0879. The maximum atomic E-state index is 12.8. The van der Waals surface area contributed by atoms with E-state index in [1.165, 1.54) is 37.4 Å². The standard InChI is InChI=1S/C24H17N3O7/c1-25-19-9-6-13(10-20(19)27(32)33)24(31)34-12-21(28)26-14-7-8-17-18(11-14)23(30)16-5-3-2-4-15(16)22(17)29/h2-11,25H,12H2,1H3,(H,26,28). The number of nitrogens with zero attached hydrogens (tertiary/aromatic N) is 1. The van der Waals surface area contributed by atoms with Crippen LogP contribution >= 0.6 is 0 Å². The lowest BCUT2D eigenvalue weighted by Crippen LogP contribution is -2.23. The molecule has 10 nitrogen and oxygen atoms in total. The van der Waals surface area contributed by atoms with Crippen LogP contribution in [0.25, 0.3) is 0 Å². The molecule has 1 amide bonds. The Hall–Kier alpha value is -4.86. The predicted molar refractivity (Wildman–Crippen MR) is 121 cm³/mol. The second-order valence-corrected chi connectivity index (χ2v) is 7.33. The van der Waals surface area contributed by atoms with Gasteiger partial charge in [0.25, 0.3) is 11.6 Å². The number of nitrogens with one attached hydrogen (secondary N) is 2. The summed E-state index contributed by atoms with van der Waals surface area (Å²) in [4.78, 5) is 60.5. The molecular formula is C24H17N3O7. The van der Waals surface area contributed by atoms with Gasteiger partial charge >= 0.3 is 5.97 Å². The van der Waals surface area contributed by atoms with E-state index in [0.717, 1.165) is 6.07 Å². The van der Waals surface area contributed by atoms with E-state index in [0.29, 0.717) is 5.56 Å². The molecule has 0 saturated carbocycles. The summed E-state index contributed by atoms with van der Waals surface area (Å²) < 4.78 is 4.95. The first-order valence-electron chi connectivity index (χ1n) is 10.1. The molecule has 2 N–H and O–H groups in total. The van der Waals surface area contributed by atoms with Crippen LogP contribution in [0.2, 0.25) is 0 Å². The number of amides is 1. The van der Waals surface area contributed by atoms with Crippen molar-refractivity contribution < 1.29 is 28.8 Å². The minimum Gasteiger partial charge on any atom is -0.452 e. The van der Waals surface area contributed by atoms with Gasteiger partial charge in [0, 0.05) is 41.1 Å². The zero-order valence-corrected chi connectivity index (χ0v) is 17.8. The molecule has 170 valence electrons. The average molecular weight is 459 g/mol. The van der Waals surface area contributed by atoms with Crippen LogP contribution in [-0.4, -0.2) is 42.0 Å². The number of nitro groups is 1. The van der Waals surface area contributed by atoms with Crippen molar-refractivity contribution in [1.82, 2.24) is 0 Å². The van der Waals surface area contributed by atoms with Crippen molar-refractivity contribution in [3.63, 3.8) is 0 Å². The maximum Gasteiger partial charge on any atom is 0.338 e. The Morgan fingerprint density at radius 1 is 0.912 bits per heavy atom. The van der Waals surface area contributed by atoms with Crippen LogP contribution < -0.4 is 10.6 Å². The predicted octanol–water partition coefficient (Wildman–Crippen LogP) is 3.21. The summed E-state index contributed by atoms with van der Waals surface area (Å²) in [5.74, 6) is -2.22. The molecule has 0 atom stereocenters. The molecule has 34 heavy (non-hydrogen) atoms. The van der Waals surface area contributed by atoms with Crippen molar-refractivity contribution in [3.8, 4) is 0 Å². The van der Waals surface area contributed by atoms with Crippen molar-refractivity contribution in [2.75, 3.05) is 24.3 Å². The van der Waals surface area contributed by atoms with E-state index in [9.17, 15) is 29.3 Å². The zero-order chi connectivity index (χ0) is 24.4. The number of rotatable bonds is 6. The van der Waals surface area contributed by atoms with E-state index in [1.807, 2.05) is 0 Å². The fraction of sp³-hybridized carbons (Fsp3) is 0.0833. The molecule has 1 aliphatic carbocycles. The molecule has 0 fully saturated rings. The van der Waals surface area contributed by atoms with E-state index in [4.69, 9.17) is 4.74 Å². The fourth-order valence-corrected chi connectivity index (χ4v) is 3.61. The van der Waals surface area contributed by atoms with Crippen molar-refractivity contribution in [2.45, 2.75) is 0 Å². The highest BCUT2D eigenvalue weighted by Gasteiger charge is 2.29. The summed E-state index contributed by atoms with van der Waals surface area (Å²) in [6.07, 6.45) is 0. The van der Waals surface area contributed by atoms with Crippen molar-refractivity contribution in [1.29, 1.82) is 0 Å². The molecule has 0 radical (unpaired) electrons. The molecule has 0 aromatic heterocycles. The second-order valence-electron chi connectivity index (χ2n) is 7.33. The summed E-state index contributed by atoms with van der Waals surface area (Å²) in [6.45, 7) is -0.660. The van der Waals surface area contributed by atoms with E-state index in [-0.39, 0.29) is 50.9 Å². The van der Waals surface area contributed by atoms with E-state index in [2.05, 4.69) is 10.6 Å². The van der Waals surface area contributed by atoms with Gasteiger partial charge in [-0.3, -0.25) is 24.5 Å². The summed E-state index contributed by atoms with van der Waals surface area (Å²) in [6, 6.07) is 14.6. The van der Waals surface area contributed by atoms with Gasteiger partial charge in [-0.05, 0) is 30.3 Å². The molecular weight excluding hydrogens is 442 g/mol. The van der Waals surface area contributed by atoms with E-state index < -0.39 is 23.4 Å². The Kier molecular flexibility index (Phi) is 5.88. The van der Waals surface area contributed by atoms with Crippen LogP contribution in [0.4, 0.5) is 17.1 Å². The number of benzene rings is 3. The van der Waals surface area contributed by atoms with Crippen molar-refractivity contribution >= 4 is 40.5 Å². The van der Waals surface area contributed by atoms with Crippen LogP contribution in [-0.2, 0) is 9.53 Å². The highest BCUT2D eigenvalue weighted by atomic mass is 16.6. The highest BCUT2D eigenvalue weighted by Crippen LogP contribution is 2.29. The SMILES string of the molecule is CNc1ccc(C(=O)OCC(=O)Nc2ccc3c(c2)C(=O)c2ccccc2C3=O)cc1[N+](=O)[O-]. The molecule has 1 aliphatic rings. The lowest BCUT2D eigenvalue weighted by molar-refractivity contribution is -0.384. The average Bonchev–Trinajstić information content (AvgIpc) is 2.85. The number of hydrogen-bond acceptors (Lipinski definition) is 8. The molecule has 0 unspecified atom stereocenters. The Morgan fingerprint density at radius 2 is 1.56 bits per heavy atom. The topological polar surface area (TPSA) is 145 Å². The van der Waals surface area contributed by atoms with Crippen LogP contribution in [0.1, 0.15) is 42.2 Å². The third-order valence-corrected chi connectivity index (χ3v) is 5.24. The maximum absolute atomic E-state index is 12.8. The van der Waals surface area contributed by atoms with Gasteiger partial charge in [0.05, 0.1) is 10.5 Å². The van der Waals surface area contributed by atoms with Crippen LogP contribution in [0.3, 0.4) is 0 Å². The minimum atomic E-state index is -0.913. The first kappa shape index (κ1) is 22.3. The third kappa shape index (κ3) is 4.11. The molecule has 0 aliphatic heterocycles. The summed E-state index contributed by atoms with van der Waals surface area (Å²) in [5, 5.41) is 16.3. The number of nitro benzene ring substituents is 1. The quantitative estimate of drug-likeness (QED) is 0.254. The van der Waals surface area contributed by atoms with Gasteiger partial charge in [-0.25, -0.2) is 4.79 Å². The number of ketones is 2. The first-order valence-corrected chi connectivity index (χ1v) is 10.1. The van der Waals surface area contributed by atoms with Gasteiger partial charge in [-0.2, -0.15) is 0 Å². The summed E-state index contributed by atoms with van der Waals surface area (Å²) in [5.41, 5.74) is 1.08. The Bertz CT molecular complexity index is 1380. The lowest BCUT2D eigenvalue weighted by Gasteiger charge is -2.18. The number of esters is 1. The van der Waals surface area contributed by atoms with Crippen molar-refractivity contribution in [3.05, 3.63) is 98.6 Å². The van der Waals surface area contributed by atoms with Crippen molar-refractivity contribution in [2.24, 2.45) is 0 Å². The number of anilines is 2. The number of fused-ring (bicyclic) bond motifs is 2. The number of carbonyl (C=O) groups is 4. The Balaban J connectivity index is 1.44. The number of hydrogen-bond donors (Lipinski definition) is 2. The van der Waals surface area contributed by atoms with Crippen LogP contribution in [0.15, 0.2) is 60.7 Å². The van der Waals surface area contributed by atoms with Gasteiger partial charge in [-0.15, -0.1) is 0 Å². The molecule has 4 rings (SSSR count). The third-order valence-electron chi connectivity index (χ3n) is 5.24. The molecule has 10 heteroatoms. The molecule has 3 aromatic rings.